The van der Waals surface area contributed by atoms with Gasteiger partial charge in [-0.3, -0.25) is 10.3 Å². The van der Waals surface area contributed by atoms with Crippen molar-refractivity contribution >= 4 is 5.84 Å². The van der Waals surface area contributed by atoms with Crippen LogP contribution in [0.15, 0.2) is 24.3 Å². The molecular formula is C14H21N3. The van der Waals surface area contributed by atoms with E-state index in [1.165, 1.54) is 31.5 Å². The van der Waals surface area contributed by atoms with Crippen molar-refractivity contribution in [1.29, 1.82) is 5.41 Å². The summed E-state index contributed by atoms with van der Waals surface area (Å²) in [6.45, 7) is 5.75. The van der Waals surface area contributed by atoms with Crippen molar-refractivity contribution in [1.82, 2.24) is 4.90 Å². The maximum Gasteiger partial charge on any atom is 0.122 e. The fourth-order valence-corrected chi connectivity index (χ4v) is 2.48. The first-order valence-corrected chi connectivity index (χ1v) is 6.31. The van der Waals surface area contributed by atoms with Crippen LogP contribution in [0, 0.1) is 11.3 Å². The fourth-order valence-electron chi connectivity index (χ4n) is 2.48. The van der Waals surface area contributed by atoms with Crippen LogP contribution in [0.2, 0.25) is 0 Å². The topological polar surface area (TPSA) is 53.1 Å². The zero-order valence-corrected chi connectivity index (χ0v) is 10.4. The summed E-state index contributed by atoms with van der Waals surface area (Å²) < 4.78 is 0. The van der Waals surface area contributed by atoms with Crippen LogP contribution in [-0.2, 0) is 6.54 Å². The van der Waals surface area contributed by atoms with E-state index in [0.717, 1.165) is 18.0 Å². The summed E-state index contributed by atoms with van der Waals surface area (Å²) in [5.74, 6) is 0.961. The highest BCUT2D eigenvalue weighted by Crippen LogP contribution is 2.17. The lowest BCUT2D eigenvalue weighted by Gasteiger charge is -2.30. The van der Waals surface area contributed by atoms with Gasteiger partial charge < -0.3 is 5.73 Å². The molecule has 1 aliphatic rings. The molecule has 3 nitrogen and oxygen atoms in total. The first-order valence-electron chi connectivity index (χ1n) is 6.31. The predicted molar refractivity (Wildman–Crippen MR) is 71.1 cm³/mol. The summed E-state index contributed by atoms with van der Waals surface area (Å²) >= 11 is 0. The molecule has 1 aliphatic heterocycles. The van der Waals surface area contributed by atoms with Crippen LogP contribution in [0.25, 0.3) is 0 Å². The number of likely N-dealkylation sites (tertiary alicyclic amines) is 1. The molecule has 1 aromatic rings. The highest BCUT2D eigenvalue weighted by atomic mass is 15.1. The molecule has 17 heavy (non-hydrogen) atoms. The summed E-state index contributed by atoms with van der Waals surface area (Å²) in [6, 6.07) is 8.03. The number of nitrogens with one attached hydrogen (secondary N) is 1. The third-order valence-corrected chi connectivity index (χ3v) is 3.41. The molecule has 0 radical (unpaired) electrons. The van der Waals surface area contributed by atoms with Gasteiger partial charge in [0.25, 0.3) is 0 Å². The first-order chi connectivity index (χ1) is 8.15. The Morgan fingerprint density at radius 3 is 2.71 bits per heavy atom. The quantitative estimate of drug-likeness (QED) is 0.619. The number of hydrogen-bond donors (Lipinski definition) is 2. The first kappa shape index (κ1) is 12.1. The van der Waals surface area contributed by atoms with E-state index in [1.54, 1.807) is 0 Å². The lowest BCUT2D eigenvalue weighted by molar-refractivity contribution is 0.176. The number of amidine groups is 1. The van der Waals surface area contributed by atoms with Crippen LogP contribution in [0.4, 0.5) is 0 Å². The van der Waals surface area contributed by atoms with Crippen LogP contribution >= 0.6 is 0 Å². The average Bonchev–Trinajstić information content (AvgIpc) is 2.29. The predicted octanol–water partition coefficient (Wildman–Crippen LogP) is 2.20. The van der Waals surface area contributed by atoms with Crippen molar-refractivity contribution < 1.29 is 0 Å². The van der Waals surface area contributed by atoms with Crippen molar-refractivity contribution in [3.05, 3.63) is 35.4 Å². The van der Waals surface area contributed by atoms with Gasteiger partial charge in [0.1, 0.15) is 5.84 Å². The van der Waals surface area contributed by atoms with Gasteiger partial charge in [-0.05, 0) is 30.9 Å². The lowest BCUT2D eigenvalue weighted by atomic mass is 9.99. The molecule has 0 aromatic heterocycles. The molecule has 1 fully saturated rings. The molecule has 3 N–H and O–H groups in total. The maximum absolute atomic E-state index is 7.35. The Balaban J connectivity index is 1.96. The number of hydrogen-bond acceptors (Lipinski definition) is 2. The second-order valence-electron chi connectivity index (χ2n) is 5.09. The van der Waals surface area contributed by atoms with Gasteiger partial charge in [0.15, 0.2) is 0 Å². The van der Waals surface area contributed by atoms with Crippen LogP contribution in [-0.4, -0.2) is 23.8 Å². The van der Waals surface area contributed by atoms with E-state index in [1.807, 2.05) is 12.1 Å². The van der Waals surface area contributed by atoms with Crippen molar-refractivity contribution in [3.63, 3.8) is 0 Å². The summed E-state index contributed by atoms with van der Waals surface area (Å²) in [4.78, 5) is 2.51. The van der Waals surface area contributed by atoms with E-state index in [4.69, 9.17) is 11.1 Å². The minimum atomic E-state index is 0.142. The number of rotatable bonds is 3. The molecule has 1 atom stereocenters. The molecule has 0 bridgehead atoms. The Bertz CT molecular complexity index is 383. The Kier molecular flexibility index (Phi) is 3.79. The van der Waals surface area contributed by atoms with Gasteiger partial charge in [-0.15, -0.1) is 0 Å². The van der Waals surface area contributed by atoms with Gasteiger partial charge in [-0.25, -0.2) is 0 Å². The van der Waals surface area contributed by atoms with Gasteiger partial charge in [0.05, 0.1) is 0 Å². The van der Waals surface area contributed by atoms with Crippen molar-refractivity contribution in [2.75, 3.05) is 13.1 Å². The molecule has 0 aliphatic carbocycles. The van der Waals surface area contributed by atoms with Gasteiger partial charge in [-0.2, -0.15) is 0 Å². The van der Waals surface area contributed by atoms with Crippen molar-refractivity contribution in [3.8, 4) is 0 Å². The Morgan fingerprint density at radius 2 is 2.12 bits per heavy atom. The van der Waals surface area contributed by atoms with Crippen LogP contribution in [0.3, 0.4) is 0 Å². The molecular weight excluding hydrogens is 210 g/mol. The zero-order chi connectivity index (χ0) is 12.3. The SMILES string of the molecule is C[C@@H]1CCCN(Cc2ccc(C(=N)N)cc2)C1. The average molecular weight is 231 g/mol. The second kappa shape index (κ2) is 5.32. The van der Waals surface area contributed by atoms with E-state index >= 15 is 0 Å². The van der Waals surface area contributed by atoms with Crippen molar-refractivity contribution in [2.45, 2.75) is 26.3 Å². The molecule has 0 amide bonds. The Morgan fingerprint density at radius 1 is 1.41 bits per heavy atom. The van der Waals surface area contributed by atoms with Crippen LogP contribution < -0.4 is 5.73 Å². The van der Waals surface area contributed by atoms with E-state index in [2.05, 4.69) is 24.0 Å². The Hall–Kier alpha value is -1.35. The molecule has 1 saturated heterocycles. The van der Waals surface area contributed by atoms with Crippen LogP contribution in [0.1, 0.15) is 30.9 Å². The Labute approximate surface area is 103 Å². The minimum absolute atomic E-state index is 0.142. The third kappa shape index (κ3) is 3.30. The normalized spacial score (nSPS) is 21.4. The van der Waals surface area contributed by atoms with E-state index < -0.39 is 0 Å². The van der Waals surface area contributed by atoms with Crippen molar-refractivity contribution in [2.24, 2.45) is 11.7 Å². The molecule has 92 valence electrons. The van der Waals surface area contributed by atoms with E-state index in [-0.39, 0.29) is 5.84 Å². The highest BCUT2D eigenvalue weighted by Gasteiger charge is 2.15. The summed E-state index contributed by atoms with van der Waals surface area (Å²) in [6.07, 6.45) is 2.67. The van der Waals surface area contributed by atoms with Gasteiger partial charge >= 0.3 is 0 Å². The molecule has 1 heterocycles. The number of nitrogens with two attached hydrogens (primary N) is 1. The summed E-state index contributed by atoms with van der Waals surface area (Å²) in [7, 11) is 0. The standard InChI is InChI=1S/C14H21N3/c1-11-3-2-8-17(9-11)10-12-4-6-13(7-5-12)14(15)16/h4-7,11H,2-3,8-10H2,1H3,(H3,15,16)/t11-/m1/s1. The number of nitrogens with zero attached hydrogens (tertiary/aromatic N) is 1. The van der Waals surface area contributed by atoms with Gasteiger partial charge in [0, 0.05) is 18.7 Å². The molecule has 3 heteroatoms. The number of piperidine rings is 1. The lowest BCUT2D eigenvalue weighted by Crippen LogP contribution is -2.33. The fraction of sp³-hybridized carbons (Fsp3) is 0.500. The minimum Gasteiger partial charge on any atom is -0.384 e. The third-order valence-electron chi connectivity index (χ3n) is 3.41. The maximum atomic E-state index is 7.35. The summed E-state index contributed by atoms with van der Waals surface area (Å²) in [5.41, 5.74) is 7.55. The molecule has 0 spiro atoms. The van der Waals surface area contributed by atoms with Gasteiger partial charge in [-0.1, -0.05) is 31.2 Å². The molecule has 0 saturated carbocycles. The second-order valence-corrected chi connectivity index (χ2v) is 5.09. The molecule has 2 rings (SSSR count). The van der Waals surface area contributed by atoms with E-state index in [9.17, 15) is 0 Å². The molecule has 1 aromatic carbocycles. The highest BCUT2D eigenvalue weighted by molar-refractivity contribution is 5.94. The van der Waals surface area contributed by atoms with Crippen LogP contribution in [0.5, 0.6) is 0 Å². The summed E-state index contributed by atoms with van der Waals surface area (Å²) in [5, 5.41) is 7.35. The zero-order valence-electron chi connectivity index (χ0n) is 10.4. The largest absolute Gasteiger partial charge is 0.384 e. The number of nitrogen functional groups attached to an aromatic ring is 1. The smallest absolute Gasteiger partial charge is 0.122 e. The van der Waals surface area contributed by atoms with Gasteiger partial charge in [0.2, 0.25) is 0 Å². The number of benzene rings is 1. The molecule has 0 unspecified atom stereocenters. The monoisotopic (exact) mass is 231 g/mol. The van der Waals surface area contributed by atoms with E-state index in [0.29, 0.717) is 0 Å².